The quantitative estimate of drug-likeness (QED) is 0.0197. The van der Waals surface area contributed by atoms with Gasteiger partial charge in [-0.25, -0.2) is 0 Å². The average molecular weight is 894 g/mol. The zero-order valence-electron chi connectivity index (χ0n) is 41.3. The molecule has 364 valence electrons. The average Bonchev–Trinajstić information content (AvgIpc) is 3.23. The summed E-state index contributed by atoms with van der Waals surface area (Å²) in [5.41, 5.74) is 0. The molecule has 0 heterocycles. The van der Waals surface area contributed by atoms with Gasteiger partial charge in [-0.15, -0.1) is 0 Å². The van der Waals surface area contributed by atoms with Gasteiger partial charge in [-0.2, -0.15) is 0 Å². The van der Waals surface area contributed by atoms with E-state index in [4.69, 9.17) is 18.5 Å². The van der Waals surface area contributed by atoms with E-state index in [1.54, 1.807) is 0 Å². The monoisotopic (exact) mass is 894 g/mol. The van der Waals surface area contributed by atoms with E-state index in [0.29, 0.717) is 24.1 Å². The Morgan fingerprint density at radius 3 is 1.40 bits per heavy atom. The molecule has 0 saturated heterocycles. The Kier molecular flexibility index (Phi) is 44.9. The fourth-order valence-electron chi connectivity index (χ4n) is 7.19. The number of quaternary nitrogens is 1. The van der Waals surface area contributed by atoms with Crippen molar-refractivity contribution in [3.8, 4) is 0 Å². The van der Waals surface area contributed by atoms with E-state index in [0.717, 1.165) is 70.6 Å². The van der Waals surface area contributed by atoms with Gasteiger partial charge in [-0.1, -0.05) is 217 Å². The van der Waals surface area contributed by atoms with Crippen molar-refractivity contribution in [3.05, 3.63) is 48.6 Å². The first-order valence-corrected chi connectivity index (χ1v) is 27.3. The van der Waals surface area contributed by atoms with Crippen LogP contribution in [-0.4, -0.2) is 70.7 Å². The van der Waals surface area contributed by atoms with Crippen molar-refractivity contribution < 1.29 is 37.3 Å². The van der Waals surface area contributed by atoms with Gasteiger partial charge in [0.05, 0.1) is 34.4 Å². The number of esters is 1. The molecule has 62 heavy (non-hydrogen) atoms. The summed E-state index contributed by atoms with van der Waals surface area (Å²) < 4.78 is 34.7. The van der Waals surface area contributed by atoms with Crippen LogP contribution in [0.25, 0.3) is 0 Å². The number of hydrogen-bond donors (Lipinski definition) is 0. The molecule has 2 unspecified atom stereocenters. The van der Waals surface area contributed by atoms with E-state index in [1.165, 1.54) is 135 Å². The van der Waals surface area contributed by atoms with Gasteiger partial charge in [-0.3, -0.25) is 9.36 Å². The second kappa shape index (κ2) is 46.0. The van der Waals surface area contributed by atoms with Gasteiger partial charge in [0, 0.05) is 13.0 Å². The van der Waals surface area contributed by atoms with Crippen LogP contribution in [0, 0.1) is 0 Å². The lowest BCUT2D eigenvalue weighted by Crippen LogP contribution is -2.37. The molecule has 8 nitrogen and oxygen atoms in total. The Morgan fingerprint density at radius 1 is 0.516 bits per heavy atom. The minimum atomic E-state index is -4.53. The van der Waals surface area contributed by atoms with Crippen LogP contribution in [0.4, 0.5) is 0 Å². The molecule has 9 heteroatoms. The number of phosphoric acid groups is 1. The summed E-state index contributed by atoms with van der Waals surface area (Å²) in [7, 11) is 1.35. The molecule has 0 aromatic carbocycles. The smallest absolute Gasteiger partial charge is 0.306 e. The zero-order valence-corrected chi connectivity index (χ0v) is 42.2. The molecular weight excluding hydrogens is 794 g/mol. The normalized spacial score (nSPS) is 14.0. The summed E-state index contributed by atoms with van der Waals surface area (Å²) >= 11 is 0. The largest absolute Gasteiger partial charge is 0.756 e. The molecule has 0 aromatic heterocycles. The lowest BCUT2D eigenvalue weighted by Gasteiger charge is -2.28. The van der Waals surface area contributed by atoms with Crippen LogP contribution in [-0.2, 0) is 27.9 Å². The van der Waals surface area contributed by atoms with Crippen LogP contribution in [0.5, 0.6) is 0 Å². The van der Waals surface area contributed by atoms with Crippen LogP contribution < -0.4 is 4.89 Å². The summed E-state index contributed by atoms with van der Waals surface area (Å²) in [6.45, 7) is 5.32. The maximum Gasteiger partial charge on any atom is 0.306 e. The molecule has 0 fully saturated rings. The minimum absolute atomic E-state index is 0.0230. The number of phosphoric ester groups is 1. The third-order valence-electron chi connectivity index (χ3n) is 11.1. The number of rotatable bonds is 48. The molecule has 0 aliphatic rings. The minimum Gasteiger partial charge on any atom is -0.756 e. The van der Waals surface area contributed by atoms with Gasteiger partial charge in [-0.05, 0) is 51.4 Å². The second-order valence-corrected chi connectivity index (χ2v) is 19.9. The lowest BCUT2D eigenvalue weighted by atomic mass is 10.0. The summed E-state index contributed by atoms with van der Waals surface area (Å²) in [5.74, 6) is -0.345. The molecule has 0 aliphatic heterocycles. The number of carbonyl (C=O) groups excluding carboxylic acids is 1. The number of carbonyl (C=O) groups is 1. The number of likely N-dealkylation sites (N-methyl/N-ethyl adjacent to an activating group) is 1. The number of nitrogens with zero attached hydrogens (tertiary/aromatic N) is 1. The molecule has 0 N–H and O–H groups in total. The van der Waals surface area contributed by atoms with Crippen LogP contribution in [0.2, 0.25) is 0 Å². The molecule has 0 amide bonds. The predicted octanol–water partition coefficient (Wildman–Crippen LogP) is 15.3. The highest BCUT2D eigenvalue weighted by atomic mass is 31.2. The van der Waals surface area contributed by atoms with E-state index in [9.17, 15) is 14.3 Å². The van der Waals surface area contributed by atoms with E-state index in [1.807, 2.05) is 21.1 Å². The molecular formula is C53H100NO7P. The number of ether oxygens (including phenoxy) is 2. The van der Waals surface area contributed by atoms with Crippen LogP contribution in [0.1, 0.15) is 226 Å². The van der Waals surface area contributed by atoms with Crippen LogP contribution in [0.3, 0.4) is 0 Å². The molecule has 0 aliphatic carbocycles. The predicted molar refractivity (Wildman–Crippen MR) is 263 cm³/mol. The van der Waals surface area contributed by atoms with Gasteiger partial charge in [0.1, 0.15) is 19.3 Å². The number of allylic oxidation sites excluding steroid dienone is 8. The van der Waals surface area contributed by atoms with Crippen molar-refractivity contribution in [3.63, 3.8) is 0 Å². The van der Waals surface area contributed by atoms with Crippen molar-refractivity contribution in [2.75, 3.05) is 54.1 Å². The molecule has 0 rings (SSSR count). The Balaban J connectivity index is 4.14. The third-order valence-corrected chi connectivity index (χ3v) is 12.1. The van der Waals surface area contributed by atoms with Crippen LogP contribution >= 0.6 is 7.82 Å². The van der Waals surface area contributed by atoms with Crippen LogP contribution in [0.15, 0.2) is 48.6 Å². The van der Waals surface area contributed by atoms with E-state index in [-0.39, 0.29) is 25.8 Å². The van der Waals surface area contributed by atoms with E-state index < -0.39 is 13.9 Å². The summed E-state index contributed by atoms with van der Waals surface area (Å²) in [6.07, 6.45) is 57.1. The fourth-order valence-corrected chi connectivity index (χ4v) is 7.91. The van der Waals surface area contributed by atoms with Gasteiger partial charge >= 0.3 is 5.97 Å². The second-order valence-electron chi connectivity index (χ2n) is 18.5. The number of hydrogen-bond acceptors (Lipinski definition) is 7. The van der Waals surface area contributed by atoms with Gasteiger partial charge in [0.25, 0.3) is 7.82 Å². The first-order chi connectivity index (χ1) is 30.1. The molecule has 0 spiro atoms. The number of unbranched alkanes of at least 4 members (excludes halogenated alkanes) is 26. The SMILES string of the molecule is CC/C=C\C/C=C\C/C=C\C/C=C\CCCCCCCCC(=O)OC(COCCCCCCCCCCCCCCCCCCCCCCC)COP(=O)([O-])OCC[N+](C)(C)C. The van der Waals surface area contributed by atoms with Crippen molar-refractivity contribution in [2.45, 2.75) is 232 Å². The first-order valence-electron chi connectivity index (χ1n) is 25.9. The highest BCUT2D eigenvalue weighted by Crippen LogP contribution is 2.38. The fraction of sp³-hybridized carbons (Fsp3) is 0.830. The zero-order chi connectivity index (χ0) is 45.5. The maximum atomic E-state index is 12.7. The lowest BCUT2D eigenvalue weighted by molar-refractivity contribution is -0.870. The maximum absolute atomic E-state index is 12.7. The van der Waals surface area contributed by atoms with Crippen molar-refractivity contribution in [1.82, 2.24) is 0 Å². The highest BCUT2D eigenvalue weighted by molar-refractivity contribution is 7.45. The summed E-state index contributed by atoms with van der Waals surface area (Å²) in [6, 6.07) is 0. The van der Waals surface area contributed by atoms with Gasteiger partial charge < -0.3 is 27.9 Å². The van der Waals surface area contributed by atoms with Crippen molar-refractivity contribution >= 4 is 13.8 Å². The van der Waals surface area contributed by atoms with Gasteiger partial charge in [0.15, 0.2) is 0 Å². The standard InChI is InChI=1S/C53H100NO7P/c1-6-8-10-12-14-16-18-20-22-24-26-27-29-31-33-35-37-39-41-43-45-48-58-50-52(51-60-62(56,57)59-49-47-54(3,4)5)61-53(55)46-44-42-40-38-36-34-32-30-28-25-23-21-19-17-15-13-11-9-7-2/h9,11,15,17,21,23,28,30,52H,6-8,10,12-14,16,18-20,22,24-27,29,31-51H2,1-5H3/b11-9-,17-15-,23-21-,30-28-. The molecule has 0 saturated carbocycles. The van der Waals surface area contributed by atoms with Crippen molar-refractivity contribution in [2.24, 2.45) is 0 Å². The first kappa shape index (κ1) is 60.5. The van der Waals surface area contributed by atoms with E-state index in [2.05, 4.69) is 62.5 Å². The Labute approximate surface area is 384 Å². The summed E-state index contributed by atoms with van der Waals surface area (Å²) in [5, 5.41) is 0. The Morgan fingerprint density at radius 2 is 0.935 bits per heavy atom. The molecule has 0 aromatic rings. The highest BCUT2D eigenvalue weighted by Gasteiger charge is 2.20. The van der Waals surface area contributed by atoms with Crippen molar-refractivity contribution in [1.29, 1.82) is 0 Å². The molecule has 2 atom stereocenters. The topological polar surface area (TPSA) is 94.1 Å². The van der Waals surface area contributed by atoms with Gasteiger partial charge in [0.2, 0.25) is 0 Å². The Bertz CT molecular complexity index is 1130. The third kappa shape index (κ3) is 49.5. The van der Waals surface area contributed by atoms with E-state index >= 15 is 0 Å². The Hall–Kier alpha value is -1.54. The summed E-state index contributed by atoms with van der Waals surface area (Å²) in [4.78, 5) is 25.2. The molecule has 0 radical (unpaired) electrons. The molecule has 0 bridgehead atoms.